The molecular formula is C14H18N2O. The minimum absolute atomic E-state index is 0.127. The van der Waals surface area contributed by atoms with E-state index in [9.17, 15) is 0 Å². The fraction of sp³-hybridized carbons (Fsp3) is 0.500. The van der Waals surface area contributed by atoms with Crippen molar-refractivity contribution < 1.29 is 4.74 Å². The molecule has 0 spiro atoms. The van der Waals surface area contributed by atoms with E-state index in [0.717, 1.165) is 13.0 Å². The summed E-state index contributed by atoms with van der Waals surface area (Å²) < 4.78 is 7.86. The Morgan fingerprint density at radius 3 is 2.94 bits per heavy atom. The second-order valence-corrected chi connectivity index (χ2v) is 4.92. The van der Waals surface area contributed by atoms with Gasteiger partial charge in [-0.05, 0) is 50.3 Å². The van der Waals surface area contributed by atoms with Crippen molar-refractivity contribution in [2.24, 2.45) is 0 Å². The van der Waals surface area contributed by atoms with Crippen molar-refractivity contribution in [3.8, 4) is 0 Å². The van der Waals surface area contributed by atoms with E-state index in [-0.39, 0.29) is 6.23 Å². The summed E-state index contributed by atoms with van der Waals surface area (Å²) in [6, 6.07) is 4.41. The van der Waals surface area contributed by atoms with E-state index in [4.69, 9.17) is 4.74 Å². The zero-order valence-corrected chi connectivity index (χ0v) is 10.4. The number of hydrogen-bond acceptors (Lipinski definition) is 2. The Hall–Kier alpha value is -1.35. The molecule has 0 radical (unpaired) electrons. The van der Waals surface area contributed by atoms with Crippen LogP contribution in [0.25, 0.3) is 10.9 Å². The second kappa shape index (κ2) is 4.15. The van der Waals surface area contributed by atoms with Gasteiger partial charge in [0.2, 0.25) is 0 Å². The molecule has 1 aromatic heterocycles. The molecule has 1 aromatic carbocycles. The lowest BCUT2D eigenvalue weighted by molar-refractivity contribution is -0.0366. The first-order chi connectivity index (χ1) is 8.25. The molecule has 0 N–H and O–H groups in total. The van der Waals surface area contributed by atoms with Crippen LogP contribution in [0.2, 0.25) is 0 Å². The molecule has 0 saturated carbocycles. The summed E-state index contributed by atoms with van der Waals surface area (Å²) in [5.74, 6) is 0. The van der Waals surface area contributed by atoms with Gasteiger partial charge in [0, 0.05) is 12.0 Å². The third-order valence-corrected chi connectivity index (χ3v) is 3.50. The number of ether oxygens (including phenoxy) is 1. The Balaban J connectivity index is 2.10. The van der Waals surface area contributed by atoms with Gasteiger partial charge >= 0.3 is 0 Å². The molecule has 1 atom stereocenters. The van der Waals surface area contributed by atoms with Gasteiger partial charge in [0.1, 0.15) is 0 Å². The molecule has 1 unspecified atom stereocenters. The summed E-state index contributed by atoms with van der Waals surface area (Å²) in [4.78, 5) is 0. The van der Waals surface area contributed by atoms with E-state index >= 15 is 0 Å². The molecule has 0 aliphatic carbocycles. The van der Waals surface area contributed by atoms with Crippen LogP contribution in [0.3, 0.4) is 0 Å². The molecule has 3 rings (SSSR count). The van der Waals surface area contributed by atoms with Crippen LogP contribution in [0.4, 0.5) is 0 Å². The lowest BCUT2D eigenvalue weighted by Crippen LogP contribution is -2.18. The van der Waals surface area contributed by atoms with Gasteiger partial charge in [-0.1, -0.05) is 6.07 Å². The average Bonchev–Trinajstić information content (AvgIpc) is 2.74. The van der Waals surface area contributed by atoms with Gasteiger partial charge in [0.05, 0.1) is 11.7 Å². The monoisotopic (exact) mass is 230 g/mol. The highest BCUT2D eigenvalue weighted by atomic mass is 16.5. The summed E-state index contributed by atoms with van der Waals surface area (Å²) in [7, 11) is 0. The molecule has 1 aliphatic rings. The second-order valence-electron chi connectivity index (χ2n) is 4.92. The van der Waals surface area contributed by atoms with E-state index in [1.54, 1.807) is 0 Å². The van der Waals surface area contributed by atoms with Gasteiger partial charge in [-0.2, -0.15) is 5.10 Å². The Morgan fingerprint density at radius 1 is 1.29 bits per heavy atom. The number of hydrogen-bond donors (Lipinski definition) is 0. The van der Waals surface area contributed by atoms with Crippen LogP contribution in [0, 0.1) is 13.8 Å². The number of aromatic nitrogens is 2. The highest BCUT2D eigenvalue weighted by molar-refractivity contribution is 5.82. The highest BCUT2D eigenvalue weighted by Crippen LogP contribution is 2.28. The topological polar surface area (TPSA) is 27.1 Å². The first-order valence-corrected chi connectivity index (χ1v) is 6.32. The van der Waals surface area contributed by atoms with E-state index < -0.39 is 0 Å². The Labute approximate surface area is 101 Å². The number of nitrogens with zero attached hydrogens (tertiary/aromatic N) is 2. The first-order valence-electron chi connectivity index (χ1n) is 6.32. The largest absolute Gasteiger partial charge is 0.356 e. The maximum Gasteiger partial charge on any atom is 0.150 e. The first kappa shape index (κ1) is 10.8. The summed E-state index contributed by atoms with van der Waals surface area (Å²) >= 11 is 0. The summed E-state index contributed by atoms with van der Waals surface area (Å²) in [6.45, 7) is 5.13. The van der Waals surface area contributed by atoms with Crippen molar-refractivity contribution in [1.82, 2.24) is 9.78 Å². The molecule has 1 fully saturated rings. The minimum atomic E-state index is 0.127. The van der Waals surface area contributed by atoms with E-state index in [0.29, 0.717) is 0 Å². The van der Waals surface area contributed by atoms with Crippen LogP contribution in [-0.2, 0) is 4.74 Å². The Bertz CT molecular complexity index is 538. The van der Waals surface area contributed by atoms with Crippen molar-refractivity contribution in [2.75, 3.05) is 6.61 Å². The van der Waals surface area contributed by atoms with Gasteiger partial charge in [-0.3, -0.25) is 0 Å². The molecular weight excluding hydrogens is 212 g/mol. The maximum atomic E-state index is 5.81. The van der Waals surface area contributed by atoms with Crippen LogP contribution in [0.1, 0.15) is 36.6 Å². The van der Waals surface area contributed by atoms with E-state index in [1.165, 1.54) is 34.9 Å². The normalized spacial score (nSPS) is 20.9. The van der Waals surface area contributed by atoms with Gasteiger partial charge in [0.25, 0.3) is 0 Å². The fourth-order valence-corrected chi connectivity index (χ4v) is 2.64. The summed E-state index contributed by atoms with van der Waals surface area (Å²) in [5.41, 5.74) is 3.78. The van der Waals surface area contributed by atoms with Crippen molar-refractivity contribution in [3.05, 3.63) is 29.5 Å². The lowest BCUT2D eigenvalue weighted by Gasteiger charge is -2.23. The number of aryl methyl sites for hydroxylation is 2. The third kappa shape index (κ3) is 1.84. The van der Waals surface area contributed by atoms with Gasteiger partial charge in [-0.25, -0.2) is 4.68 Å². The van der Waals surface area contributed by atoms with Crippen molar-refractivity contribution in [3.63, 3.8) is 0 Å². The number of benzene rings is 1. The van der Waals surface area contributed by atoms with Crippen LogP contribution in [-0.4, -0.2) is 16.4 Å². The van der Waals surface area contributed by atoms with E-state index in [2.05, 4.69) is 35.8 Å². The minimum Gasteiger partial charge on any atom is -0.356 e. The molecule has 1 aliphatic heterocycles. The number of rotatable bonds is 1. The molecule has 2 heterocycles. The predicted molar refractivity (Wildman–Crippen MR) is 68.0 cm³/mol. The maximum absolute atomic E-state index is 5.81. The predicted octanol–water partition coefficient (Wildman–Crippen LogP) is 3.35. The van der Waals surface area contributed by atoms with Crippen LogP contribution >= 0.6 is 0 Å². The van der Waals surface area contributed by atoms with Gasteiger partial charge in [-0.15, -0.1) is 0 Å². The van der Waals surface area contributed by atoms with Crippen LogP contribution < -0.4 is 0 Å². The number of fused-ring (bicyclic) bond motifs is 1. The molecule has 17 heavy (non-hydrogen) atoms. The van der Waals surface area contributed by atoms with Gasteiger partial charge < -0.3 is 4.74 Å². The van der Waals surface area contributed by atoms with E-state index in [1.807, 2.05) is 6.20 Å². The summed E-state index contributed by atoms with van der Waals surface area (Å²) in [5, 5.41) is 5.75. The van der Waals surface area contributed by atoms with Crippen molar-refractivity contribution >= 4 is 10.9 Å². The van der Waals surface area contributed by atoms with Gasteiger partial charge in [0.15, 0.2) is 6.23 Å². The SMILES string of the molecule is Cc1cc(C)c2cnn(C3CCCCO3)c2c1. The van der Waals surface area contributed by atoms with Crippen LogP contribution in [0.5, 0.6) is 0 Å². The molecule has 1 saturated heterocycles. The lowest BCUT2D eigenvalue weighted by atomic mass is 10.1. The molecule has 2 aromatic rings. The Morgan fingerprint density at radius 2 is 2.18 bits per heavy atom. The summed E-state index contributed by atoms with van der Waals surface area (Å²) in [6.07, 6.45) is 5.57. The third-order valence-electron chi connectivity index (χ3n) is 3.50. The quantitative estimate of drug-likeness (QED) is 0.751. The molecule has 90 valence electrons. The van der Waals surface area contributed by atoms with Crippen molar-refractivity contribution in [2.45, 2.75) is 39.3 Å². The zero-order valence-electron chi connectivity index (χ0n) is 10.4. The average molecular weight is 230 g/mol. The molecule has 3 heteroatoms. The zero-order chi connectivity index (χ0) is 11.8. The smallest absolute Gasteiger partial charge is 0.150 e. The molecule has 0 bridgehead atoms. The molecule has 3 nitrogen and oxygen atoms in total. The van der Waals surface area contributed by atoms with Crippen molar-refractivity contribution in [1.29, 1.82) is 0 Å². The van der Waals surface area contributed by atoms with Crippen LogP contribution in [0.15, 0.2) is 18.3 Å². The fourth-order valence-electron chi connectivity index (χ4n) is 2.64. The Kier molecular flexibility index (Phi) is 2.63. The molecule has 0 amide bonds. The standard InChI is InChI=1S/C14H18N2O/c1-10-7-11(2)12-9-15-16(13(12)8-10)14-5-3-4-6-17-14/h7-9,14H,3-6H2,1-2H3. The highest BCUT2D eigenvalue weighted by Gasteiger charge is 2.18.